The minimum Gasteiger partial charge on any atom is -0.494 e. The molecule has 4 aromatic rings. The van der Waals surface area contributed by atoms with Crippen LogP contribution in [0.5, 0.6) is 5.88 Å². The van der Waals surface area contributed by atoms with Crippen LogP contribution in [0.3, 0.4) is 0 Å². The summed E-state index contributed by atoms with van der Waals surface area (Å²) >= 11 is 18.9. The van der Waals surface area contributed by atoms with Crippen LogP contribution in [0.4, 0.5) is 8.78 Å². The number of rotatable bonds is 4. The van der Waals surface area contributed by atoms with Crippen LogP contribution >= 0.6 is 34.8 Å². The third-order valence-electron chi connectivity index (χ3n) is 6.56. The number of halogens is 5. The highest BCUT2D eigenvalue weighted by molar-refractivity contribution is 6.35. The molecular formula is C27H20Cl3F2NO. The van der Waals surface area contributed by atoms with Gasteiger partial charge in [-0.3, -0.25) is 0 Å². The van der Waals surface area contributed by atoms with Gasteiger partial charge >= 0.3 is 0 Å². The summed E-state index contributed by atoms with van der Waals surface area (Å²) in [4.78, 5) is 0. The number of fused-ring (bicyclic) bond motifs is 1. The van der Waals surface area contributed by atoms with Crippen LogP contribution in [0.25, 0.3) is 0 Å². The second kappa shape index (κ2) is 9.26. The Labute approximate surface area is 211 Å². The molecule has 1 aliphatic carbocycles. The monoisotopic (exact) mass is 517 g/mol. The first kappa shape index (κ1) is 23.2. The van der Waals surface area contributed by atoms with Gasteiger partial charge in [0.05, 0.1) is 6.54 Å². The fourth-order valence-corrected chi connectivity index (χ4v) is 5.67. The summed E-state index contributed by atoms with van der Waals surface area (Å²) in [7, 11) is 0. The fraction of sp³-hybridized carbons (Fsp3) is 0.185. The minimum atomic E-state index is -0.912. The third-order valence-corrected chi connectivity index (χ3v) is 7.37. The Balaban J connectivity index is 1.60. The van der Waals surface area contributed by atoms with Gasteiger partial charge in [0.15, 0.2) is 17.5 Å². The number of aromatic hydroxyl groups is 1. The minimum absolute atomic E-state index is 0.0527. The quantitative estimate of drug-likeness (QED) is 0.288. The van der Waals surface area contributed by atoms with E-state index in [1.165, 1.54) is 6.07 Å². The van der Waals surface area contributed by atoms with Gasteiger partial charge in [-0.1, -0.05) is 59.1 Å². The van der Waals surface area contributed by atoms with E-state index in [1.807, 2.05) is 42.6 Å². The molecule has 0 saturated carbocycles. The van der Waals surface area contributed by atoms with Crippen LogP contribution in [0.1, 0.15) is 46.1 Å². The van der Waals surface area contributed by atoms with E-state index in [9.17, 15) is 13.9 Å². The molecular weight excluding hydrogens is 499 g/mol. The summed E-state index contributed by atoms with van der Waals surface area (Å²) < 4.78 is 28.8. The summed E-state index contributed by atoms with van der Waals surface area (Å²) in [6.45, 7) is 0.218. The summed E-state index contributed by atoms with van der Waals surface area (Å²) in [5, 5.41) is 12.9. The van der Waals surface area contributed by atoms with Crippen LogP contribution in [-0.4, -0.2) is 9.67 Å². The van der Waals surface area contributed by atoms with Gasteiger partial charge in [-0.15, -0.1) is 0 Å². The molecule has 174 valence electrons. The molecule has 3 aromatic carbocycles. The molecule has 1 aromatic heterocycles. The van der Waals surface area contributed by atoms with Crippen molar-refractivity contribution in [1.29, 1.82) is 0 Å². The molecule has 2 nitrogen and oxygen atoms in total. The first-order chi connectivity index (χ1) is 16.3. The van der Waals surface area contributed by atoms with Gasteiger partial charge in [0, 0.05) is 32.7 Å². The van der Waals surface area contributed by atoms with E-state index >= 15 is 0 Å². The normalized spacial score (nSPS) is 17.6. The van der Waals surface area contributed by atoms with E-state index in [0.29, 0.717) is 27.1 Å². The van der Waals surface area contributed by atoms with E-state index in [4.69, 9.17) is 34.8 Å². The van der Waals surface area contributed by atoms with E-state index in [2.05, 4.69) is 0 Å². The zero-order valence-electron chi connectivity index (χ0n) is 17.9. The van der Waals surface area contributed by atoms with Gasteiger partial charge in [0.1, 0.15) is 0 Å². The number of aromatic nitrogens is 1. The lowest BCUT2D eigenvalue weighted by Gasteiger charge is -2.33. The Morgan fingerprint density at radius 3 is 2.29 bits per heavy atom. The number of nitrogens with zero attached hydrogens (tertiary/aromatic N) is 1. The number of hydrogen-bond donors (Lipinski definition) is 1. The summed E-state index contributed by atoms with van der Waals surface area (Å²) in [6.07, 6.45) is 3.32. The highest BCUT2D eigenvalue weighted by atomic mass is 35.5. The topological polar surface area (TPSA) is 25.2 Å². The maximum Gasteiger partial charge on any atom is 0.194 e. The molecule has 0 saturated heterocycles. The van der Waals surface area contributed by atoms with E-state index in [1.54, 1.807) is 10.6 Å². The van der Waals surface area contributed by atoms with Crippen LogP contribution in [0.2, 0.25) is 15.1 Å². The van der Waals surface area contributed by atoms with Crippen molar-refractivity contribution in [1.82, 2.24) is 4.57 Å². The zero-order valence-corrected chi connectivity index (χ0v) is 20.2. The molecule has 7 heteroatoms. The molecule has 2 atom stereocenters. The summed E-state index contributed by atoms with van der Waals surface area (Å²) in [5.41, 5.74) is 4.42. The molecule has 0 spiro atoms. The van der Waals surface area contributed by atoms with Crippen molar-refractivity contribution in [3.63, 3.8) is 0 Å². The molecule has 1 heterocycles. The molecule has 0 amide bonds. The maximum atomic E-state index is 13.8. The second-order valence-electron chi connectivity index (χ2n) is 8.60. The molecule has 0 bridgehead atoms. The summed E-state index contributed by atoms with van der Waals surface area (Å²) in [5.74, 6) is -1.70. The van der Waals surface area contributed by atoms with Crippen molar-refractivity contribution in [3.8, 4) is 5.88 Å². The Morgan fingerprint density at radius 1 is 0.853 bits per heavy atom. The number of benzene rings is 3. The summed E-state index contributed by atoms with van der Waals surface area (Å²) in [6, 6.07) is 17.0. The molecule has 0 aliphatic heterocycles. The number of hydrogen-bond acceptors (Lipinski definition) is 1. The Hall–Kier alpha value is -2.53. The highest BCUT2D eigenvalue weighted by Crippen LogP contribution is 2.50. The van der Waals surface area contributed by atoms with Gasteiger partial charge in [0.25, 0.3) is 0 Å². The standard InChI is InChI=1S/C27H20Cl3F2NO/c28-17-4-2-16(3-5-17)26-20(19-7-6-18(29)12-23(19)30)8-9-21-22(26)14-33(27(21)34)13-15-1-10-24(31)25(32)11-15/h1-7,10-12,14,20,26,34H,8-9,13H2/t20-,26+/m1/s1. The SMILES string of the molecule is Oc1c2c(cn1Cc1ccc(F)c(F)c1)[C@@H](c1ccc(Cl)cc1)[C@@H](c1ccc(Cl)cc1Cl)CC2. The van der Waals surface area contributed by atoms with Crippen molar-refractivity contribution < 1.29 is 13.9 Å². The van der Waals surface area contributed by atoms with E-state index in [-0.39, 0.29) is 24.3 Å². The van der Waals surface area contributed by atoms with Crippen molar-refractivity contribution in [2.75, 3.05) is 0 Å². The van der Waals surface area contributed by atoms with Crippen molar-refractivity contribution in [2.24, 2.45) is 0 Å². The Morgan fingerprint density at radius 2 is 1.59 bits per heavy atom. The fourth-order valence-electron chi connectivity index (χ4n) is 4.99. The van der Waals surface area contributed by atoms with Crippen LogP contribution < -0.4 is 0 Å². The zero-order chi connectivity index (χ0) is 24.0. The predicted octanol–water partition coefficient (Wildman–Crippen LogP) is 8.34. The van der Waals surface area contributed by atoms with Crippen LogP contribution in [0.15, 0.2) is 66.9 Å². The molecule has 5 rings (SSSR count). The average Bonchev–Trinajstić information content (AvgIpc) is 3.12. The third kappa shape index (κ3) is 4.31. The van der Waals surface area contributed by atoms with Crippen molar-refractivity contribution in [2.45, 2.75) is 31.2 Å². The van der Waals surface area contributed by atoms with Crippen molar-refractivity contribution >= 4 is 34.8 Å². The lowest BCUT2D eigenvalue weighted by Crippen LogP contribution is -2.19. The first-order valence-electron chi connectivity index (χ1n) is 10.9. The second-order valence-corrected chi connectivity index (χ2v) is 9.88. The van der Waals surface area contributed by atoms with Gasteiger partial charge < -0.3 is 9.67 Å². The van der Waals surface area contributed by atoms with E-state index < -0.39 is 11.6 Å². The van der Waals surface area contributed by atoms with Gasteiger partial charge in [-0.2, -0.15) is 0 Å². The molecule has 34 heavy (non-hydrogen) atoms. The van der Waals surface area contributed by atoms with Crippen molar-refractivity contribution in [3.05, 3.63) is 121 Å². The Bertz CT molecular complexity index is 1370. The lowest BCUT2D eigenvalue weighted by atomic mass is 9.70. The molecule has 1 aliphatic rings. The maximum absolute atomic E-state index is 13.8. The Kier molecular flexibility index (Phi) is 6.32. The van der Waals surface area contributed by atoms with E-state index in [0.717, 1.165) is 40.8 Å². The first-order valence-corrected chi connectivity index (χ1v) is 12.0. The molecule has 0 fully saturated rings. The molecule has 1 N–H and O–H groups in total. The molecule has 0 radical (unpaired) electrons. The van der Waals surface area contributed by atoms with Crippen LogP contribution in [-0.2, 0) is 13.0 Å². The molecule has 0 unspecified atom stereocenters. The van der Waals surface area contributed by atoms with Crippen LogP contribution in [0, 0.1) is 11.6 Å². The lowest BCUT2D eigenvalue weighted by molar-refractivity contribution is 0.413. The average molecular weight is 519 g/mol. The highest BCUT2D eigenvalue weighted by Gasteiger charge is 2.36. The predicted molar refractivity (Wildman–Crippen MR) is 132 cm³/mol. The largest absolute Gasteiger partial charge is 0.494 e. The van der Waals surface area contributed by atoms with Gasteiger partial charge in [-0.25, -0.2) is 8.78 Å². The smallest absolute Gasteiger partial charge is 0.194 e. The van der Waals surface area contributed by atoms with Gasteiger partial charge in [0.2, 0.25) is 0 Å². The van der Waals surface area contributed by atoms with Gasteiger partial charge in [-0.05, 0) is 77.4 Å².